The van der Waals surface area contributed by atoms with Gasteiger partial charge in [-0.05, 0) is 30.2 Å². The van der Waals surface area contributed by atoms with E-state index < -0.39 is 18.1 Å². The van der Waals surface area contributed by atoms with E-state index in [4.69, 9.17) is 15.9 Å². The number of aliphatic hydroxyl groups excluding tert-OH is 1. The highest BCUT2D eigenvalue weighted by Gasteiger charge is 2.17. The average molecular weight is 320 g/mol. The van der Waals surface area contributed by atoms with Crippen molar-refractivity contribution < 1.29 is 24.9 Å². The van der Waals surface area contributed by atoms with Crippen molar-refractivity contribution in [1.82, 2.24) is 10.3 Å². The van der Waals surface area contributed by atoms with E-state index >= 15 is 0 Å². The molecule has 0 saturated carbocycles. The Labute approximate surface area is 131 Å². The SMILES string of the molecule is NC(=O)c1[nH]c2ccc(O)cc2c1C[CH]C(=O)NCCC(O)O. The summed E-state index contributed by atoms with van der Waals surface area (Å²) in [4.78, 5) is 26.1. The third-order valence-electron chi connectivity index (χ3n) is 3.33. The summed E-state index contributed by atoms with van der Waals surface area (Å²) in [7, 11) is 0. The lowest BCUT2D eigenvalue weighted by Gasteiger charge is -2.06. The van der Waals surface area contributed by atoms with E-state index in [1.54, 1.807) is 6.07 Å². The summed E-state index contributed by atoms with van der Waals surface area (Å²) in [5.74, 6) is -1.03. The monoisotopic (exact) mass is 320 g/mol. The molecule has 1 heterocycles. The van der Waals surface area contributed by atoms with Gasteiger partial charge in [-0.2, -0.15) is 0 Å². The maximum absolute atomic E-state index is 11.7. The molecule has 123 valence electrons. The number of nitrogens with two attached hydrogens (primary N) is 1. The highest BCUT2D eigenvalue weighted by atomic mass is 16.5. The summed E-state index contributed by atoms with van der Waals surface area (Å²) in [5, 5.41) is 30.1. The fourth-order valence-corrected chi connectivity index (χ4v) is 2.25. The Bertz CT molecular complexity index is 723. The maximum atomic E-state index is 11.7. The fraction of sp³-hybridized carbons (Fsp3) is 0.267. The number of hydrogen-bond donors (Lipinski definition) is 6. The largest absolute Gasteiger partial charge is 0.508 e. The molecule has 0 spiro atoms. The number of benzene rings is 1. The van der Waals surface area contributed by atoms with Crippen LogP contribution >= 0.6 is 0 Å². The van der Waals surface area contributed by atoms with Crippen LogP contribution in [0.15, 0.2) is 18.2 Å². The quantitative estimate of drug-likeness (QED) is 0.382. The van der Waals surface area contributed by atoms with Gasteiger partial charge in [-0.15, -0.1) is 0 Å². The van der Waals surface area contributed by atoms with Crippen molar-refractivity contribution in [1.29, 1.82) is 0 Å². The van der Waals surface area contributed by atoms with Crippen molar-refractivity contribution in [2.75, 3.05) is 6.54 Å². The normalized spacial score (nSPS) is 11.1. The summed E-state index contributed by atoms with van der Waals surface area (Å²) in [6, 6.07) is 4.58. The predicted octanol–water partition coefficient (Wildman–Crippen LogP) is -0.464. The number of phenolic OH excluding ortho intramolecular Hbond substituents is 1. The number of amides is 2. The van der Waals surface area contributed by atoms with Crippen molar-refractivity contribution in [3.8, 4) is 5.75 Å². The zero-order valence-corrected chi connectivity index (χ0v) is 12.2. The number of aromatic nitrogens is 1. The van der Waals surface area contributed by atoms with Gasteiger partial charge >= 0.3 is 0 Å². The van der Waals surface area contributed by atoms with Crippen LogP contribution in [-0.4, -0.2) is 45.0 Å². The van der Waals surface area contributed by atoms with E-state index in [1.165, 1.54) is 18.6 Å². The molecule has 1 radical (unpaired) electrons. The highest BCUT2D eigenvalue weighted by Crippen LogP contribution is 2.27. The molecule has 2 amide bonds. The van der Waals surface area contributed by atoms with Crippen molar-refractivity contribution >= 4 is 22.7 Å². The van der Waals surface area contributed by atoms with E-state index in [0.29, 0.717) is 16.5 Å². The van der Waals surface area contributed by atoms with Crippen molar-refractivity contribution in [2.45, 2.75) is 19.1 Å². The number of primary amides is 1. The van der Waals surface area contributed by atoms with E-state index in [2.05, 4.69) is 10.3 Å². The molecule has 1 aromatic heterocycles. The Morgan fingerprint density at radius 2 is 2.09 bits per heavy atom. The summed E-state index contributed by atoms with van der Waals surface area (Å²) < 4.78 is 0. The Morgan fingerprint density at radius 1 is 1.35 bits per heavy atom. The number of H-pyrrole nitrogens is 1. The third kappa shape index (κ3) is 4.21. The minimum atomic E-state index is -1.48. The Kier molecular flexibility index (Phi) is 5.20. The maximum Gasteiger partial charge on any atom is 0.265 e. The van der Waals surface area contributed by atoms with Crippen molar-refractivity contribution in [2.24, 2.45) is 5.73 Å². The molecular weight excluding hydrogens is 302 g/mol. The molecule has 0 aliphatic carbocycles. The van der Waals surface area contributed by atoms with Gasteiger partial charge in [-0.3, -0.25) is 9.59 Å². The first-order valence-corrected chi connectivity index (χ1v) is 6.99. The van der Waals surface area contributed by atoms with Crippen molar-refractivity contribution in [3.05, 3.63) is 35.9 Å². The van der Waals surface area contributed by atoms with Crippen LogP contribution in [0.2, 0.25) is 0 Å². The number of aromatic amines is 1. The lowest BCUT2D eigenvalue weighted by molar-refractivity contribution is -0.118. The molecule has 2 rings (SSSR count). The first kappa shape index (κ1) is 16.8. The van der Waals surface area contributed by atoms with Crippen LogP contribution < -0.4 is 11.1 Å². The molecule has 7 N–H and O–H groups in total. The van der Waals surface area contributed by atoms with Gasteiger partial charge in [0.25, 0.3) is 5.91 Å². The van der Waals surface area contributed by atoms with Crippen LogP contribution in [-0.2, 0) is 11.2 Å². The number of fused-ring (bicyclic) bond motifs is 1. The second kappa shape index (κ2) is 7.12. The topological polar surface area (TPSA) is 149 Å². The van der Waals surface area contributed by atoms with Gasteiger partial charge in [-0.1, -0.05) is 0 Å². The molecule has 0 atom stereocenters. The lowest BCUT2D eigenvalue weighted by atomic mass is 10.0. The Balaban J connectivity index is 2.12. The van der Waals surface area contributed by atoms with Gasteiger partial charge in [0.15, 0.2) is 6.29 Å². The molecule has 0 bridgehead atoms. The molecule has 2 aromatic rings. The highest BCUT2D eigenvalue weighted by molar-refractivity contribution is 6.01. The zero-order valence-electron chi connectivity index (χ0n) is 12.2. The first-order chi connectivity index (χ1) is 10.9. The Morgan fingerprint density at radius 3 is 2.74 bits per heavy atom. The molecule has 1 aromatic carbocycles. The average Bonchev–Trinajstić information content (AvgIpc) is 2.82. The summed E-state index contributed by atoms with van der Waals surface area (Å²) >= 11 is 0. The van der Waals surface area contributed by atoms with E-state index in [9.17, 15) is 14.7 Å². The van der Waals surface area contributed by atoms with Gasteiger partial charge in [0.2, 0.25) is 5.91 Å². The Hall–Kier alpha value is -2.58. The van der Waals surface area contributed by atoms with Gasteiger partial charge in [0.1, 0.15) is 11.4 Å². The molecule has 8 heteroatoms. The standard InChI is InChI=1S/C15H18N3O5/c16-15(23)14-9(2-4-12(20)17-6-5-13(21)22)10-7-8(19)1-3-11(10)18-14/h1,3-4,7,13,18-19,21-22H,2,5-6H2,(H2,16,23)(H,17,20). The van der Waals surface area contributed by atoms with Crippen LogP contribution in [0.3, 0.4) is 0 Å². The minimum Gasteiger partial charge on any atom is -0.508 e. The second-order valence-electron chi connectivity index (χ2n) is 5.04. The smallest absolute Gasteiger partial charge is 0.265 e. The van der Waals surface area contributed by atoms with Crippen LogP contribution in [0.4, 0.5) is 0 Å². The van der Waals surface area contributed by atoms with E-state index in [1.807, 2.05) is 0 Å². The van der Waals surface area contributed by atoms with Gasteiger partial charge in [-0.25, -0.2) is 0 Å². The number of phenols is 1. The molecule has 23 heavy (non-hydrogen) atoms. The molecule has 0 unspecified atom stereocenters. The molecule has 0 aliphatic heterocycles. The summed E-state index contributed by atoms with van der Waals surface area (Å²) in [5.41, 5.74) is 6.66. The lowest BCUT2D eigenvalue weighted by Crippen LogP contribution is -2.27. The molecule has 0 fully saturated rings. The molecule has 0 aliphatic rings. The number of aliphatic hydroxyl groups is 2. The predicted molar refractivity (Wildman–Crippen MR) is 82.3 cm³/mol. The third-order valence-corrected chi connectivity index (χ3v) is 3.33. The number of hydrogen-bond acceptors (Lipinski definition) is 5. The summed E-state index contributed by atoms with van der Waals surface area (Å²) in [6.45, 7) is 0.115. The van der Waals surface area contributed by atoms with E-state index in [-0.39, 0.29) is 30.8 Å². The van der Waals surface area contributed by atoms with Gasteiger partial charge in [0.05, 0.1) is 6.42 Å². The summed E-state index contributed by atoms with van der Waals surface area (Å²) in [6.07, 6.45) is -0.00102. The molecular formula is C15H18N3O5. The number of nitrogens with one attached hydrogen (secondary N) is 2. The zero-order chi connectivity index (χ0) is 17.0. The first-order valence-electron chi connectivity index (χ1n) is 6.99. The molecule has 0 saturated heterocycles. The van der Waals surface area contributed by atoms with Gasteiger partial charge in [0, 0.05) is 23.9 Å². The molecule has 8 nitrogen and oxygen atoms in total. The van der Waals surface area contributed by atoms with Crippen LogP contribution in [0.5, 0.6) is 5.75 Å². The van der Waals surface area contributed by atoms with Gasteiger partial charge < -0.3 is 31.4 Å². The number of carbonyl (C=O) groups is 2. The fourth-order valence-electron chi connectivity index (χ4n) is 2.25. The van der Waals surface area contributed by atoms with Crippen LogP contribution in [0, 0.1) is 6.42 Å². The van der Waals surface area contributed by atoms with Crippen LogP contribution in [0.25, 0.3) is 10.9 Å². The van der Waals surface area contributed by atoms with Crippen molar-refractivity contribution in [3.63, 3.8) is 0 Å². The minimum absolute atomic E-state index is 0.0209. The number of aromatic hydroxyl groups is 1. The van der Waals surface area contributed by atoms with Crippen LogP contribution in [0.1, 0.15) is 22.5 Å². The van der Waals surface area contributed by atoms with E-state index in [0.717, 1.165) is 0 Å². The second-order valence-corrected chi connectivity index (χ2v) is 5.04. The number of rotatable bonds is 7. The number of carbonyl (C=O) groups excluding carboxylic acids is 2.